The van der Waals surface area contributed by atoms with Crippen LogP contribution < -0.4 is 4.74 Å². The zero-order valence-electron chi connectivity index (χ0n) is 9.39. The first kappa shape index (κ1) is 10.3. The Morgan fingerprint density at radius 2 is 2.06 bits per heavy atom. The van der Waals surface area contributed by atoms with Crippen LogP contribution in [0.3, 0.4) is 0 Å². The van der Waals surface area contributed by atoms with Crippen LogP contribution in [0.2, 0.25) is 0 Å². The maximum absolute atomic E-state index is 11.9. The number of nitrogens with zero attached hydrogens (tertiary/aromatic N) is 1. The SMILES string of the molecule is O=C1CCN(C2COc3ccccc32)C(=O)C1. The maximum atomic E-state index is 11.9. The average molecular weight is 231 g/mol. The summed E-state index contributed by atoms with van der Waals surface area (Å²) >= 11 is 0. The molecule has 88 valence electrons. The van der Waals surface area contributed by atoms with Crippen LogP contribution in [0.5, 0.6) is 5.75 Å². The van der Waals surface area contributed by atoms with Gasteiger partial charge in [-0.15, -0.1) is 0 Å². The Morgan fingerprint density at radius 1 is 1.24 bits per heavy atom. The Labute approximate surface area is 99.2 Å². The van der Waals surface area contributed by atoms with Gasteiger partial charge in [0.15, 0.2) is 0 Å². The van der Waals surface area contributed by atoms with E-state index in [1.807, 2.05) is 24.3 Å². The average Bonchev–Trinajstić information content (AvgIpc) is 2.73. The number of ketones is 1. The lowest BCUT2D eigenvalue weighted by atomic mass is 10.0. The van der Waals surface area contributed by atoms with Crippen LogP contribution >= 0.6 is 0 Å². The third-order valence-corrected chi connectivity index (χ3v) is 3.35. The van der Waals surface area contributed by atoms with Gasteiger partial charge in [0.25, 0.3) is 0 Å². The number of amides is 1. The Balaban J connectivity index is 1.87. The second-order valence-electron chi connectivity index (χ2n) is 4.42. The second-order valence-corrected chi connectivity index (χ2v) is 4.42. The number of carbonyl (C=O) groups excluding carboxylic acids is 2. The van der Waals surface area contributed by atoms with E-state index in [4.69, 9.17) is 4.74 Å². The van der Waals surface area contributed by atoms with E-state index in [1.165, 1.54) is 0 Å². The third-order valence-electron chi connectivity index (χ3n) is 3.35. The number of benzene rings is 1. The van der Waals surface area contributed by atoms with Crippen LogP contribution in [-0.4, -0.2) is 29.7 Å². The molecule has 1 atom stereocenters. The van der Waals surface area contributed by atoms with Crippen molar-refractivity contribution in [2.45, 2.75) is 18.9 Å². The van der Waals surface area contributed by atoms with Gasteiger partial charge in [0, 0.05) is 18.5 Å². The van der Waals surface area contributed by atoms with Crippen LogP contribution in [0.15, 0.2) is 24.3 Å². The highest BCUT2D eigenvalue weighted by Crippen LogP contribution is 2.36. The molecule has 3 rings (SSSR count). The Bertz CT molecular complexity index is 483. The van der Waals surface area contributed by atoms with Crippen molar-refractivity contribution in [3.8, 4) is 5.75 Å². The third kappa shape index (κ3) is 1.69. The van der Waals surface area contributed by atoms with Crippen LogP contribution in [0.1, 0.15) is 24.4 Å². The van der Waals surface area contributed by atoms with Gasteiger partial charge in [-0.05, 0) is 6.07 Å². The largest absolute Gasteiger partial charge is 0.491 e. The van der Waals surface area contributed by atoms with Crippen molar-refractivity contribution < 1.29 is 14.3 Å². The molecular formula is C13H13NO3. The molecular weight excluding hydrogens is 218 g/mol. The number of hydrogen-bond acceptors (Lipinski definition) is 3. The number of piperidine rings is 1. The highest BCUT2D eigenvalue weighted by molar-refractivity contribution is 6.00. The normalized spacial score (nSPS) is 23.5. The van der Waals surface area contributed by atoms with E-state index in [1.54, 1.807) is 4.90 Å². The number of para-hydroxylation sites is 1. The molecule has 17 heavy (non-hydrogen) atoms. The van der Waals surface area contributed by atoms with E-state index < -0.39 is 0 Å². The van der Waals surface area contributed by atoms with E-state index in [0.717, 1.165) is 11.3 Å². The number of Topliss-reactive ketones (excluding diaryl/α,β-unsaturated/α-hetero) is 1. The highest BCUT2D eigenvalue weighted by atomic mass is 16.5. The molecule has 1 unspecified atom stereocenters. The molecule has 4 nitrogen and oxygen atoms in total. The van der Waals surface area contributed by atoms with Gasteiger partial charge in [-0.3, -0.25) is 9.59 Å². The molecule has 0 bridgehead atoms. The molecule has 0 saturated carbocycles. The lowest BCUT2D eigenvalue weighted by Gasteiger charge is -2.31. The van der Waals surface area contributed by atoms with Gasteiger partial charge < -0.3 is 9.64 Å². The van der Waals surface area contributed by atoms with E-state index in [9.17, 15) is 9.59 Å². The maximum Gasteiger partial charge on any atom is 0.230 e. The van der Waals surface area contributed by atoms with Gasteiger partial charge in [-0.2, -0.15) is 0 Å². The summed E-state index contributed by atoms with van der Waals surface area (Å²) in [4.78, 5) is 24.8. The molecule has 1 aromatic rings. The van der Waals surface area contributed by atoms with Crippen LogP contribution in [0.25, 0.3) is 0 Å². The first-order valence-electron chi connectivity index (χ1n) is 5.78. The predicted molar refractivity (Wildman–Crippen MR) is 60.6 cm³/mol. The van der Waals surface area contributed by atoms with Crippen molar-refractivity contribution in [1.29, 1.82) is 0 Å². The van der Waals surface area contributed by atoms with Crippen molar-refractivity contribution in [2.75, 3.05) is 13.2 Å². The molecule has 0 radical (unpaired) electrons. The first-order valence-corrected chi connectivity index (χ1v) is 5.78. The molecule has 1 saturated heterocycles. The summed E-state index contributed by atoms with van der Waals surface area (Å²) in [5.74, 6) is 0.812. The Kier molecular flexibility index (Phi) is 2.35. The molecule has 4 heteroatoms. The second kappa shape index (κ2) is 3.87. The summed E-state index contributed by atoms with van der Waals surface area (Å²) in [6.45, 7) is 1.01. The van der Waals surface area contributed by atoms with Crippen molar-refractivity contribution in [2.24, 2.45) is 0 Å². The van der Waals surface area contributed by atoms with Gasteiger partial charge in [-0.1, -0.05) is 18.2 Å². The standard InChI is InChI=1S/C13H13NO3/c15-9-5-6-14(13(16)7-9)11-8-17-12-4-2-1-3-10(11)12/h1-4,11H,5-8H2. The van der Waals surface area contributed by atoms with Crippen molar-refractivity contribution >= 4 is 11.7 Å². The van der Waals surface area contributed by atoms with Crippen LogP contribution in [0.4, 0.5) is 0 Å². The topological polar surface area (TPSA) is 46.6 Å². The van der Waals surface area contributed by atoms with Gasteiger partial charge in [0.05, 0.1) is 12.5 Å². The summed E-state index contributed by atoms with van der Waals surface area (Å²) in [5.41, 5.74) is 1.05. The summed E-state index contributed by atoms with van der Waals surface area (Å²) in [6, 6.07) is 7.74. The smallest absolute Gasteiger partial charge is 0.230 e. The van der Waals surface area contributed by atoms with Crippen molar-refractivity contribution in [3.05, 3.63) is 29.8 Å². The summed E-state index contributed by atoms with van der Waals surface area (Å²) in [5, 5.41) is 0. The van der Waals surface area contributed by atoms with Gasteiger partial charge >= 0.3 is 0 Å². The summed E-state index contributed by atoms with van der Waals surface area (Å²) < 4.78 is 5.56. The van der Waals surface area contributed by atoms with E-state index in [-0.39, 0.29) is 24.2 Å². The quantitative estimate of drug-likeness (QED) is 0.685. The minimum atomic E-state index is -0.0773. The zero-order valence-corrected chi connectivity index (χ0v) is 9.39. The summed E-state index contributed by atoms with van der Waals surface area (Å²) in [7, 11) is 0. The monoisotopic (exact) mass is 231 g/mol. The summed E-state index contributed by atoms with van der Waals surface area (Å²) in [6.07, 6.45) is 0.503. The number of fused-ring (bicyclic) bond motifs is 1. The lowest BCUT2D eigenvalue weighted by molar-refractivity contribution is -0.141. The first-order chi connectivity index (χ1) is 8.25. The molecule has 1 amide bonds. The van der Waals surface area contributed by atoms with Crippen molar-refractivity contribution in [3.63, 3.8) is 0 Å². The van der Waals surface area contributed by atoms with Crippen molar-refractivity contribution in [1.82, 2.24) is 4.90 Å². The predicted octanol–water partition coefficient (Wildman–Crippen LogP) is 1.31. The Hall–Kier alpha value is -1.84. The lowest BCUT2D eigenvalue weighted by Crippen LogP contribution is -2.42. The van der Waals surface area contributed by atoms with E-state index in [2.05, 4.69) is 0 Å². The van der Waals surface area contributed by atoms with Gasteiger partial charge in [-0.25, -0.2) is 0 Å². The molecule has 0 N–H and O–H groups in total. The van der Waals surface area contributed by atoms with Gasteiger partial charge in [0.2, 0.25) is 5.91 Å². The number of ether oxygens (including phenoxy) is 1. The molecule has 1 aromatic carbocycles. The minimum absolute atomic E-state index is 0.0215. The van der Waals surface area contributed by atoms with Gasteiger partial charge in [0.1, 0.15) is 18.1 Å². The molecule has 0 aromatic heterocycles. The van der Waals surface area contributed by atoms with E-state index in [0.29, 0.717) is 19.6 Å². The fourth-order valence-electron chi connectivity index (χ4n) is 2.46. The minimum Gasteiger partial charge on any atom is -0.491 e. The van der Waals surface area contributed by atoms with E-state index >= 15 is 0 Å². The number of rotatable bonds is 1. The number of hydrogen-bond donors (Lipinski definition) is 0. The van der Waals surface area contributed by atoms with Crippen LogP contribution in [0, 0.1) is 0 Å². The fourth-order valence-corrected chi connectivity index (χ4v) is 2.46. The molecule has 2 aliphatic rings. The van der Waals surface area contributed by atoms with Crippen LogP contribution in [-0.2, 0) is 9.59 Å². The highest BCUT2D eigenvalue weighted by Gasteiger charge is 2.35. The molecule has 1 fully saturated rings. The zero-order chi connectivity index (χ0) is 11.8. The molecule has 0 spiro atoms. The molecule has 0 aliphatic carbocycles. The molecule has 2 aliphatic heterocycles. The number of carbonyl (C=O) groups is 2. The molecule has 2 heterocycles. The Morgan fingerprint density at radius 3 is 2.88 bits per heavy atom. The fraction of sp³-hybridized carbons (Fsp3) is 0.385. The number of likely N-dealkylation sites (tertiary alicyclic amines) is 1.